The van der Waals surface area contributed by atoms with Crippen molar-refractivity contribution in [1.82, 2.24) is 0 Å². The molecule has 1 N–H and O–H groups in total. The Morgan fingerprint density at radius 3 is 2.14 bits per heavy atom. The lowest BCUT2D eigenvalue weighted by Crippen LogP contribution is -2.45. The third-order valence-electron chi connectivity index (χ3n) is 4.19. The molecule has 0 radical (unpaired) electrons. The smallest absolute Gasteiger partial charge is 0.406 e. The van der Waals surface area contributed by atoms with Gasteiger partial charge in [-0.05, 0) is 68.3 Å². The number of alkyl halides is 3. The Morgan fingerprint density at radius 2 is 1.66 bits per heavy atom. The Labute approximate surface area is 167 Å². The Hall–Kier alpha value is -2.75. The van der Waals surface area contributed by atoms with E-state index in [-0.39, 0.29) is 5.69 Å². The molecule has 0 fully saturated rings. The van der Waals surface area contributed by atoms with Gasteiger partial charge in [0.05, 0.1) is 11.9 Å². The first-order chi connectivity index (χ1) is 13.3. The first-order valence-electron chi connectivity index (χ1n) is 8.51. The van der Waals surface area contributed by atoms with Crippen LogP contribution in [0.25, 0.3) is 0 Å². The fourth-order valence-electron chi connectivity index (χ4n) is 2.66. The lowest BCUT2D eigenvalue weighted by atomic mass is 10.1. The normalized spacial score (nSPS) is 12.9. The van der Waals surface area contributed by atoms with E-state index < -0.39 is 34.1 Å². The van der Waals surface area contributed by atoms with Crippen LogP contribution >= 0.6 is 0 Å². The number of carbonyl (C=O) groups excluding carboxylic acids is 1. The van der Waals surface area contributed by atoms with Gasteiger partial charge in [0.25, 0.3) is 0 Å². The highest BCUT2D eigenvalue weighted by atomic mass is 32.2. The molecule has 0 heterocycles. The summed E-state index contributed by atoms with van der Waals surface area (Å²) < 4.78 is 66.1. The summed E-state index contributed by atoms with van der Waals surface area (Å²) >= 11 is 0. The van der Waals surface area contributed by atoms with Crippen LogP contribution in [0.3, 0.4) is 0 Å². The van der Waals surface area contributed by atoms with Crippen LogP contribution in [-0.2, 0) is 14.8 Å². The summed E-state index contributed by atoms with van der Waals surface area (Å²) in [6.45, 7) is 5.13. The number of hydrogen-bond acceptors (Lipinski definition) is 4. The molecule has 6 nitrogen and oxygen atoms in total. The molecule has 2 aromatic rings. The SMILES string of the molecule is Cc1ccc(N([C@@H](C)C(=O)Nc2ccc(OC(F)(F)F)cc2)S(C)(=O)=O)cc1C. The topological polar surface area (TPSA) is 75.7 Å². The number of sulfonamides is 1. The number of amides is 1. The van der Waals surface area contributed by atoms with Crippen molar-refractivity contribution in [3.05, 3.63) is 53.6 Å². The highest BCUT2D eigenvalue weighted by molar-refractivity contribution is 7.92. The monoisotopic (exact) mass is 430 g/mol. The molecule has 0 saturated heterocycles. The predicted octanol–water partition coefficient (Wildman–Crippen LogP) is 4.00. The summed E-state index contributed by atoms with van der Waals surface area (Å²) in [6.07, 6.45) is -3.82. The predicted molar refractivity (Wildman–Crippen MR) is 104 cm³/mol. The van der Waals surface area contributed by atoms with Gasteiger partial charge < -0.3 is 10.1 Å². The first kappa shape index (κ1) is 22.5. The third-order valence-corrected chi connectivity index (χ3v) is 5.43. The minimum absolute atomic E-state index is 0.199. The van der Waals surface area contributed by atoms with Gasteiger partial charge in [-0.3, -0.25) is 9.10 Å². The second kappa shape index (κ2) is 8.32. The molecule has 0 aliphatic rings. The van der Waals surface area contributed by atoms with Crippen LogP contribution in [0.5, 0.6) is 5.75 Å². The minimum Gasteiger partial charge on any atom is -0.406 e. The molecule has 1 amide bonds. The molecule has 0 saturated carbocycles. The van der Waals surface area contributed by atoms with Gasteiger partial charge in [0.15, 0.2) is 0 Å². The Balaban J connectivity index is 2.22. The summed E-state index contributed by atoms with van der Waals surface area (Å²) in [5, 5.41) is 2.50. The number of benzene rings is 2. The number of anilines is 2. The van der Waals surface area contributed by atoms with E-state index in [4.69, 9.17) is 0 Å². The second-order valence-electron chi connectivity index (χ2n) is 6.56. The van der Waals surface area contributed by atoms with Crippen LogP contribution in [0.2, 0.25) is 0 Å². The number of nitrogens with zero attached hydrogens (tertiary/aromatic N) is 1. The summed E-state index contributed by atoms with van der Waals surface area (Å²) in [6, 6.07) is 8.49. The highest BCUT2D eigenvalue weighted by Crippen LogP contribution is 2.26. The van der Waals surface area contributed by atoms with Crippen molar-refractivity contribution in [1.29, 1.82) is 0 Å². The lowest BCUT2D eigenvalue weighted by Gasteiger charge is -2.28. The molecule has 0 aromatic heterocycles. The van der Waals surface area contributed by atoms with Crippen LogP contribution in [0.15, 0.2) is 42.5 Å². The molecule has 0 aliphatic heterocycles. The Bertz CT molecular complexity index is 990. The minimum atomic E-state index is -4.82. The number of halogens is 3. The Kier molecular flexibility index (Phi) is 6.46. The first-order valence-corrected chi connectivity index (χ1v) is 10.4. The molecule has 29 heavy (non-hydrogen) atoms. The van der Waals surface area contributed by atoms with Gasteiger partial charge in [-0.1, -0.05) is 6.07 Å². The van der Waals surface area contributed by atoms with Gasteiger partial charge in [0, 0.05) is 5.69 Å². The van der Waals surface area contributed by atoms with Gasteiger partial charge in [-0.15, -0.1) is 13.2 Å². The number of carbonyl (C=O) groups is 1. The summed E-state index contributed by atoms with van der Waals surface area (Å²) in [4.78, 5) is 12.6. The molecule has 2 aromatic carbocycles. The van der Waals surface area contributed by atoms with E-state index in [2.05, 4.69) is 10.1 Å². The zero-order valence-electron chi connectivity index (χ0n) is 16.2. The van der Waals surface area contributed by atoms with Gasteiger partial charge in [-0.2, -0.15) is 0 Å². The average Bonchev–Trinajstić information content (AvgIpc) is 2.57. The fourth-order valence-corrected chi connectivity index (χ4v) is 3.82. The molecule has 2 rings (SSSR count). The maximum atomic E-state index is 12.6. The number of hydrogen-bond donors (Lipinski definition) is 1. The number of ether oxygens (including phenoxy) is 1. The van der Waals surface area contributed by atoms with Gasteiger partial charge >= 0.3 is 6.36 Å². The third kappa shape index (κ3) is 6.11. The standard InChI is InChI=1S/C19H21F3N2O4S/c1-12-5-8-16(11-13(12)2)24(29(4,26)27)14(3)18(25)23-15-6-9-17(10-7-15)28-19(20,21)22/h5-11,14H,1-4H3,(H,23,25)/t14-/m0/s1. The van der Waals surface area contributed by atoms with E-state index in [0.29, 0.717) is 5.69 Å². The van der Waals surface area contributed by atoms with Gasteiger partial charge in [-0.25, -0.2) is 8.42 Å². The van der Waals surface area contributed by atoms with Crippen molar-refractivity contribution in [2.24, 2.45) is 0 Å². The molecule has 0 aliphatic carbocycles. The molecular formula is C19H21F3N2O4S. The van der Waals surface area contributed by atoms with E-state index in [9.17, 15) is 26.4 Å². The maximum absolute atomic E-state index is 12.6. The zero-order chi connectivity index (χ0) is 22.0. The number of aryl methyl sites for hydroxylation is 2. The fraction of sp³-hybridized carbons (Fsp3) is 0.316. The van der Waals surface area contributed by atoms with Gasteiger partial charge in [0.1, 0.15) is 11.8 Å². The van der Waals surface area contributed by atoms with Crippen LogP contribution in [0, 0.1) is 13.8 Å². The molecule has 0 unspecified atom stereocenters. The lowest BCUT2D eigenvalue weighted by molar-refractivity contribution is -0.274. The highest BCUT2D eigenvalue weighted by Gasteiger charge is 2.31. The van der Waals surface area contributed by atoms with Crippen LogP contribution in [-0.4, -0.2) is 33.0 Å². The van der Waals surface area contributed by atoms with E-state index in [1.165, 1.54) is 19.1 Å². The van der Waals surface area contributed by atoms with E-state index in [1.54, 1.807) is 18.2 Å². The quantitative estimate of drug-likeness (QED) is 0.752. The second-order valence-corrected chi connectivity index (χ2v) is 8.42. The molecule has 0 bridgehead atoms. The molecule has 1 atom stereocenters. The van der Waals surface area contributed by atoms with Crippen LogP contribution in [0.1, 0.15) is 18.1 Å². The van der Waals surface area contributed by atoms with Gasteiger partial charge in [0.2, 0.25) is 15.9 Å². The number of rotatable bonds is 6. The average molecular weight is 430 g/mol. The zero-order valence-corrected chi connectivity index (χ0v) is 17.1. The summed E-state index contributed by atoms with van der Waals surface area (Å²) in [5.41, 5.74) is 2.38. The Morgan fingerprint density at radius 1 is 1.07 bits per heavy atom. The van der Waals surface area contributed by atoms with Crippen molar-refractivity contribution in [2.45, 2.75) is 33.2 Å². The van der Waals surface area contributed by atoms with Crippen molar-refractivity contribution in [3.8, 4) is 5.75 Å². The van der Waals surface area contributed by atoms with Crippen molar-refractivity contribution in [2.75, 3.05) is 15.9 Å². The van der Waals surface area contributed by atoms with E-state index >= 15 is 0 Å². The maximum Gasteiger partial charge on any atom is 0.573 e. The van der Waals surface area contributed by atoms with Crippen LogP contribution < -0.4 is 14.4 Å². The van der Waals surface area contributed by atoms with Crippen molar-refractivity contribution >= 4 is 27.3 Å². The van der Waals surface area contributed by atoms with Crippen molar-refractivity contribution < 1.29 is 31.1 Å². The number of nitrogens with one attached hydrogen (secondary N) is 1. The molecular weight excluding hydrogens is 409 g/mol. The molecule has 0 spiro atoms. The molecule has 10 heteroatoms. The van der Waals surface area contributed by atoms with Crippen molar-refractivity contribution in [3.63, 3.8) is 0 Å². The van der Waals surface area contributed by atoms with E-state index in [0.717, 1.165) is 33.8 Å². The summed E-state index contributed by atoms with van der Waals surface area (Å²) in [5.74, 6) is -1.07. The summed E-state index contributed by atoms with van der Waals surface area (Å²) in [7, 11) is -3.78. The van der Waals surface area contributed by atoms with E-state index in [1.807, 2.05) is 13.8 Å². The van der Waals surface area contributed by atoms with Crippen LogP contribution in [0.4, 0.5) is 24.5 Å². The largest absolute Gasteiger partial charge is 0.573 e. The molecule has 158 valence electrons.